The summed E-state index contributed by atoms with van der Waals surface area (Å²) >= 11 is 1.83. The van der Waals surface area contributed by atoms with Crippen molar-refractivity contribution < 1.29 is 0 Å². The van der Waals surface area contributed by atoms with Crippen molar-refractivity contribution in [3.05, 3.63) is 29.5 Å². The van der Waals surface area contributed by atoms with Gasteiger partial charge in [0.15, 0.2) is 5.65 Å². The fourth-order valence-corrected chi connectivity index (χ4v) is 5.52. The molecule has 2 aromatic heterocycles. The van der Waals surface area contributed by atoms with Crippen molar-refractivity contribution in [2.75, 3.05) is 0 Å². The zero-order valence-electron chi connectivity index (χ0n) is 13.2. The summed E-state index contributed by atoms with van der Waals surface area (Å²) < 4.78 is 1.77. The minimum atomic E-state index is 0.254. The highest BCUT2D eigenvalue weighted by Crippen LogP contribution is 2.55. The van der Waals surface area contributed by atoms with E-state index in [4.69, 9.17) is 9.98 Å². The summed E-state index contributed by atoms with van der Waals surface area (Å²) in [5.41, 5.74) is 6.64. The van der Waals surface area contributed by atoms with E-state index in [1.54, 1.807) is 28.3 Å². The van der Waals surface area contributed by atoms with Gasteiger partial charge in [0, 0.05) is 5.71 Å². The normalized spacial score (nSPS) is 25.5. The summed E-state index contributed by atoms with van der Waals surface area (Å²) in [6, 6.07) is 0. The monoisotopic (exact) mass is 325 g/mol. The lowest BCUT2D eigenvalue weighted by Gasteiger charge is -2.26. The first kappa shape index (κ1) is 13.7. The maximum atomic E-state index is 5.15. The van der Waals surface area contributed by atoms with E-state index in [1.165, 1.54) is 48.4 Å². The number of thioether (sulfide) groups is 1. The highest BCUT2D eigenvalue weighted by atomic mass is 32.2. The molecule has 4 heterocycles. The number of hydrogen-bond acceptors (Lipinski definition) is 5. The van der Waals surface area contributed by atoms with Crippen LogP contribution in [0.15, 0.2) is 33.7 Å². The predicted octanol–water partition coefficient (Wildman–Crippen LogP) is 3.77. The van der Waals surface area contributed by atoms with E-state index >= 15 is 0 Å². The van der Waals surface area contributed by atoms with Crippen LogP contribution in [0.3, 0.4) is 0 Å². The Kier molecular flexibility index (Phi) is 3.08. The molecule has 0 saturated heterocycles. The molecule has 0 fully saturated rings. The minimum Gasteiger partial charge on any atom is -0.274 e. The predicted molar refractivity (Wildman–Crippen MR) is 91.0 cm³/mol. The molecule has 0 N–H and O–H groups in total. The molecule has 2 atom stereocenters. The van der Waals surface area contributed by atoms with Crippen LogP contribution in [0.5, 0.6) is 0 Å². The smallest absolute Gasteiger partial charge is 0.172 e. The molecule has 5 rings (SSSR count). The lowest BCUT2D eigenvalue weighted by atomic mass is 9.87. The maximum Gasteiger partial charge on any atom is 0.172 e. The van der Waals surface area contributed by atoms with E-state index in [0.717, 1.165) is 12.1 Å². The molecule has 0 amide bonds. The fraction of sp³-hybridized carbons (Fsp3) is 0.529. The largest absolute Gasteiger partial charge is 0.274 e. The second kappa shape index (κ2) is 5.16. The molecule has 23 heavy (non-hydrogen) atoms. The van der Waals surface area contributed by atoms with Crippen LogP contribution >= 0.6 is 11.8 Å². The number of unbranched alkanes of at least 4 members (excludes halogenated alkanes) is 1. The fourth-order valence-electron chi connectivity index (χ4n) is 4.11. The zero-order chi connectivity index (χ0) is 15.4. The summed E-state index contributed by atoms with van der Waals surface area (Å²) in [4.78, 5) is 15.5. The first-order chi connectivity index (χ1) is 11.4. The number of rotatable bonds is 3. The Hall–Kier alpha value is -1.69. The second-order valence-electron chi connectivity index (χ2n) is 6.51. The Bertz CT molecular complexity index is 850. The van der Waals surface area contributed by atoms with Crippen molar-refractivity contribution in [3.8, 4) is 0 Å². The van der Waals surface area contributed by atoms with E-state index in [2.05, 4.69) is 17.0 Å². The molecule has 0 bridgehead atoms. The number of allylic oxidation sites excluding steroid dienone is 1. The van der Waals surface area contributed by atoms with Gasteiger partial charge in [0.1, 0.15) is 18.0 Å². The van der Waals surface area contributed by atoms with Gasteiger partial charge in [0.2, 0.25) is 0 Å². The molecule has 1 aliphatic carbocycles. The van der Waals surface area contributed by atoms with Crippen LogP contribution in [-0.4, -0.2) is 30.7 Å². The quantitative estimate of drug-likeness (QED) is 0.862. The third kappa shape index (κ3) is 1.94. The Morgan fingerprint density at radius 1 is 1.30 bits per heavy atom. The molecule has 0 aromatic carbocycles. The summed E-state index contributed by atoms with van der Waals surface area (Å²) in [6.07, 6.45) is 10.7. The Morgan fingerprint density at radius 2 is 2.26 bits per heavy atom. The van der Waals surface area contributed by atoms with Crippen molar-refractivity contribution in [1.29, 1.82) is 0 Å². The molecule has 0 spiro atoms. The molecule has 5 nitrogen and oxygen atoms in total. The third-order valence-electron chi connectivity index (χ3n) is 5.17. The minimum absolute atomic E-state index is 0.254. The van der Waals surface area contributed by atoms with Crippen molar-refractivity contribution in [2.24, 2.45) is 4.99 Å². The summed E-state index contributed by atoms with van der Waals surface area (Å²) in [5, 5.41) is 4.47. The molecular formula is C17H19N5S. The Morgan fingerprint density at radius 3 is 3.17 bits per heavy atom. The number of dihydropyridines is 1. The van der Waals surface area contributed by atoms with Crippen LogP contribution < -0.4 is 0 Å². The Balaban J connectivity index is 1.63. The van der Waals surface area contributed by atoms with Gasteiger partial charge in [-0.15, -0.1) is 0 Å². The average molecular weight is 325 g/mol. The molecule has 3 aliphatic rings. The molecule has 0 saturated carbocycles. The van der Waals surface area contributed by atoms with Gasteiger partial charge in [-0.05, 0) is 37.7 Å². The number of hydrogen-bond donors (Lipinski definition) is 0. The molecule has 2 aromatic rings. The highest BCUT2D eigenvalue weighted by Gasteiger charge is 2.43. The van der Waals surface area contributed by atoms with Crippen LogP contribution in [0.4, 0.5) is 0 Å². The van der Waals surface area contributed by atoms with Crippen molar-refractivity contribution in [3.63, 3.8) is 0 Å². The molecule has 2 aliphatic heterocycles. The van der Waals surface area contributed by atoms with Crippen molar-refractivity contribution in [2.45, 2.75) is 61.6 Å². The summed E-state index contributed by atoms with van der Waals surface area (Å²) in [7, 11) is 0. The van der Waals surface area contributed by atoms with Gasteiger partial charge < -0.3 is 0 Å². The van der Waals surface area contributed by atoms with Crippen molar-refractivity contribution >= 4 is 23.1 Å². The van der Waals surface area contributed by atoms with E-state index < -0.39 is 0 Å². The number of nitrogens with zero attached hydrogens (tertiary/aromatic N) is 5. The lowest BCUT2D eigenvalue weighted by molar-refractivity contribution is 0.691. The highest BCUT2D eigenvalue weighted by molar-refractivity contribution is 8.00. The second-order valence-corrected chi connectivity index (χ2v) is 7.64. The third-order valence-corrected chi connectivity index (χ3v) is 6.41. The molecule has 0 unspecified atom stereocenters. The van der Waals surface area contributed by atoms with Gasteiger partial charge in [0.25, 0.3) is 0 Å². The van der Waals surface area contributed by atoms with E-state index in [0.29, 0.717) is 5.92 Å². The number of fused-ring (bicyclic) bond motifs is 6. The first-order valence-corrected chi connectivity index (χ1v) is 9.38. The van der Waals surface area contributed by atoms with Crippen LogP contribution in [0.1, 0.15) is 57.1 Å². The lowest BCUT2D eigenvalue weighted by Crippen LogP contribution is -2.21. The van der Waals surface area contributed by atoms with E-state index in [1.807, 2.05) is 11.8 Å². The Labute approximate surface area is 139 Å². The molecule has 6 heteroatoms. The standard InChI is InChI=1S/C17H19N5S/c1-2-3-7-12-10-5-4-6-11(10)13-14-15(23-17(13)21-12)16-18-8-20-22(16)9-19-14/h8-9,13,17H,2-7H2,1H3/t13-,17+/m0/s1. The zero-order valence-corrected chi connectivity index (χ0v) is 14.0. The summed E-state index contributed by atoms with van der Waals surface area (Å²) in [5.74, 6) is 0.361. The van der Waals surface area contributed by atoms with E-state index in [9.17, 15) is 0 Å². The van der Waals surface area contributed by atoms with Gasteiger partial charge in [0.05, 0.1) is 16.5 Å². The average Bonchev–Trinajstić information content (AvgIpc) is 3.27. The van der Waals surface area contributed by atoms with Crippen LogP contribution in [0, 0.1) is 0 Å². The van der Waals surface area contributed by atoms with Gasteiger partial charge >= 0.3 is 0 Å². The SMILES string of the molecule is CCCCC1=N[C@@H]2Sc3c(ncn4ncnc34)[C@@H]2C2=C1CCC2. The molecule has 0 radical (unpaired) electrons. The van der Waals surface area contributed by atoms with Gasteiger partial charge in [-0.25, -0.2) is 14.5 Å². The van der Waals surface area contributed by atoms with Crippen molar-refractivity contribution in [1.82, 2.24) is 19.6 Å². The van der Waals surface area contributed by atoms with E-state index in [-0.39, 0.29) is 5.37 Å². The van der Waals surface area contributed by atoms with Gasteiger partial charge in [-0.2, -0.15) is 5.10 Å². The molecular weight excluding hydrogens is 306 g/mol. The first-order valence-electron chi connectivity index (χ1n) is 8.50. The topological polar surface area (TPSA) is 55.4 Å². The van der Waals surface area contributed by atoms with Crippen LogP contribution in [0.2, 0.25) is 0 Å². The number of aromatic nitrogens is 4. The van der Waals surface area contributed by atoms with Gasteiger partial charge in [-0.3, -0.25) is 4.99 Å². The maximum absolute atomic E-state index is 5.15. The van der Waals surface area contributed by atoms with Crippen LogP contribution in [-0.2, 0) is 0 Å². The molecule has 118 valence electrons. The van der Waals surface area contributed by atoms with Crippen LogP contribution in [0.25, 0.3) is 5.65 Å². The summed E-state index contributed by atoms with van der Waals surface area (Å²) in [6.45, 7) is 2.25. The van der Waals surface area contributed by atoms with Gasteiger partial charge in [-0.1, -0.05) is 30.7 Å². The number of aliphatic imine (C=N–C) groups is 1.